The molecule has 0 spiro atoms. The van der Waals surface area contributed by atoms with Crippen LogP contribution in [0.4, 0.5) is 9.59 Å². The fourth-order valence-electron chi connectivity index (χ4n) is 9.81. The second kappa shape index (κ2) is 15.7. The van der Waals surface area contributed by atoms with E-state index in [4.69, 9.17) is 33.2 Å². The number of aliphatic hydroxyl groups is 1. The first-order valence-corrected chi connectivity index (χ1v) is 19.4. The number of carbonyl (C=O) groups is 5. The van der Waals surface area contributed by atoms with Crippen LogP contribution in [0.2, 0.25) is 0 Å². The average Bonchev–Trinajstić information content (AvgIpc) is 3.19. The van der Waals surface area contributed by atoms with Crippen molar-refractivity contribution in [3.05, 3.63) is 113 Å². The van der Waals surface area contributed by atoms with Gasteiger partial charge in [-0.1, -0.05) is 98.3 Å². The number of rotatable bonds is 9. The summed E-state index contributed by atoms with van der Waals surface area (Å²) in [5.74, 6) is -5.31. The Morgan fingerprint density at radius 1 is 0.810 bits per heavy atom. The van der Waals surface area contributed by atoms with Gasteiger partial charge >= 0.3 is 24.2 Å². The number of fused-ring (bicyclic) bond motifs is 5. The van der Waals surface area contributed by atoms with E-state index >= 15 is 9.59 Å². The van der Waals surface area contributed by atoms with Gasteiger partial charge in [-0.3, -0.25) is 14.4 Å². The van der Waals surface area contributed by atoms with Gasteiger partial charge in [0.1, 0.15) is 31.2 Å². The molecule has 306 valence electrons. The molecule has 58 heavy (non-hydrogen) atoms. The van der Waals surface area contributed by atoms with Crippen molar-refractivity contribution < 1.29 is 62.2 Å². The number of ether oxygens (including phenoxy) is 7. The molecule has 1 N–H and O–H groups in total. The molecule has 1 heterocycles. The Morgan fingerprint density at radius 3 is 1.90 bits per heavy atom. The van der Waals surface area contributed by atoms with E-state index in [9.17, 15) is 19.5 Å². The highest BCUT2D eigenvalue weighted by atomic mass is 16.7. The lowest BCUT2D eigenvalue weighted by Gasteiger charge is -2.67. The Labute approximate surface area is 336 Å². The second-order valence-corrected chi connectivity index (χ2v) is 16.3. The van der Waals surface area contributed by atoms with E-state index in [1.54, 1.807) is 99.6 Å². The van der Waals surface area contributed by atoms with E-state index < -0.39 is 82.2 Å². The maximum absolute atomic E-state index is 15.9. The lowest BCUT2D eigenvalue weighted by molar-refractivity contribution is -0.337. The molecule has 0 amide bonds. The predicted octanol–water partition coefficient (Wildman–Crippen LogP) is 6.83. The number of para-hydroxylation sites is 1. The third kappa shape index (κ3) is 7.04. The lowest BCUT2D eigenvalue weighted by Crippen LogP contribution is -2.81. The third-order valence-corrected chi connectivity index (χ3v) is 12.7. The number of allylic oxidation sites excluding steroid dienone is 1. The first-order chi connectivity index (χ1) is 27.6. The van der Waals surface area contributed by atoms with E-state index in [-0.39, 0.29) is 50.4 Å². The van der Waals surface area contributed by atoms with Crippen molar-refractivity contribution in [1.29, 1.82) is 0 Å². The van der Waals surface area contributed by atoms with Gasteiger partial charge in [0.05, 0.1) is 23.5 Å². The normalized spacial score (nSPS) is 30.8. The smallest absolute Gasteiger partial charge is 0.454 e. The quantitative estimate of drug-likeness (QED) is 0.104. The summed E-state index contributed by atoms with van der Waals surface area (Å²) in [4.78, 5) is 71.4. The number of hydrogen-bond donors (Lipinski definition) is 1. The van der Waals surface area contributed by atoms with E-state index in [1.165, 1.54) is 13.8 Å². The van der Waals surface area contributed by atoms with Crippen molar-refractivity contribution in [3.8, 4) is 5.75 Å². The highest BCUT2D eigenvalue weighted by Crippen LogP contribution is 2.66. The monoisotopic (exact) mass is 796 g/mol. The minimum Gasteiger partial charge on any atom is -0.454 e. The van der Waals surface area contributed by atoms with Gasteiger partial charge in [-0.25, -0.2) is 9.59 Å². The van der Waals surface area contributed by atoms with Gasteiger partial charge in [0.25, 0.3) is 0 Å². The van der Waals surface area contributed by atoms with Crippen LogP contribution in [0.1, 0.15) is 65.0 Å². The molecule has 13 heteroatoms. The van der Waals surface area contributed by atoms with Crippen molar-refractivity contribution in [2.75, 3.05) is 6.61 Å². The van der Waals surface area contributed by atoms with Gasteiger partial charge in [0.2, 0.25) is 0 Å². The van der Waals surface area contributed by atoms with Crippen LogP contribution < -0.4 is 4.74 Å². The van der Waals surface area contributed by atoms with Crippen LogP contribution in [0.25, 0.3) is 0 Å². The Bertz CT molecular complexity index is 2080. The number of esters is 2. The molecule has 3 aromatic carbocycles. The summed E-state index contributed by atoms with van der Waals surface area (Å²) in [6.07, 6.45) is -6.40. The summed E-state index contributed by atoms with van der Waals surface area (Å²) in [5.41, 5.74) is -4.99. The van der Waals surface area contributed by atoms with Crippen molar-refractivity contribution in [2.45, 2.75) is 96.6 Å². The van der Waals surface area contributed by atoms with E-state index in [1.807, 2.05) is 12.1 Å². The summed E-state index contributed by atoms with van der Waals surface area (Å²) >= 11 is 0. The number of ketones is 1. The minimum absolute atomic E-state index is 0.00213. The first kappa shape index (κ1) is 40.7. The Kier molecular flexibility index (Phi) is 11.0. The third-order valence-electron chi connectivity index (χ3n) is 12.7. The predicted molar refractivity (Wildman–Crippen MR) is 205 cm³/mol. The van der Waals surface area contributed by atoms with E-state index in [2.05, 4.69) is 0 Å². The Balaban J connectivity index is 1.39. The maximum atomic E-state index is 15.9. The Morgan fingerprint density at radius 2 is 1.36 bits per heavy atom. The largest absolute Gasteiger partial charge is 0.509 e. The number of benzene rings is 3. The fraction of sp³-hybridized carbons (Fsp3) is 0.444. The van der Waals surface area contributed by atoms with Gasteiger partial charge in [0, 0.05) is 24.7 Å². The topological polar surface area (TPSA) is 170 Å². The molecular weight excluding hydrogens is 748 g/mol. The Hall–Kier alpha value is -5.53. The molecule has 1 aliphatic heterocycles. The molecule has 1 saturated heterocycles. The van der Waals surface area contributed by atoms with Gasteiger partial charge in [-0.2, -0.15) is 0 Å². The van der Waals surface area contributed by atoms with Gasteiger partial charge in [-0.15, -0.1) is 0 Å². The van der Waals surface area contributed by atoms with Crippen molar-refractivity contribution in [1.82, 2.24) is 0 Å². The first-order valence-electron chi connectivity index (χ1n) is 19.4. The van der Waals surface area contributed by atoms with E-state index in [0.29, 0.717) is 16.7 Å². The molecule has 8 atom stereocenters. The van der Waals surface area contributed by atoms with Gasteiger partial charge in [-0.05, 0) is 55.5 Å². The van der Waals surface area contributed by atoms with Gasteiger partial charge in [0.15, 0.2) is 17.5 Å². The molecule has 13 nitrogen and oxygen atoms in total. The van der Waals surface area contributed by atoms with E-state index in [0.717, 1.165) is 0 Å². The zero-order valence-corrected chi connectivity index (χ0v) is 33.1. The van der Waals surface area contributed by atoms with Crippen LogP contribution in [0.15, 0.2) is 102 Å². The molecule has 0 radical (unpaired) electrons. The van der Waals surface area contributed by atoms with Crippen LogP contribution in [-0.4, -0.2) is 71.3 Å². The van der Waals surface area contributed by atoms with Crippen LogP contribution >= 0.6 is 0 Å². The molecule has 3 aliphatic carbocycles. The molecule has 2 unspecified atom stereocenters. The zero-order chi connectivity index (χ0) is 41.5. The molecule has 3 fully saturated rings. The average molecular weight is 797 g/mol. The standard InChI is InChI=1S/C45H48O13/c1-27-21-22-45(51)35(39(48)55-31-19-13-8-14-20-31)37-43(5,38(47)36(34(27)42(45,3)4)57-41(50)53-25-30-17-11-7-12-18-30)32(23-33-44(37,26-54-33)58-28(2)46)56-40(49)52-24-29-15-9-6-10-16-29/h6-20,32-33,35-37,51H,21-26H2,1-5H3/t32-,33+,35+,36+,37?,43+,44-,45?/m0/s1. The highest BCUT2D eigenvalue weighted by Gasteiger charge is 2.79. The fourth-order valence-corrected chi connectivity index (χ4v) is 9.81. The van der Waals surface area contributed by atoms with Crippen molar-refractivity contribution in [3.63, 3.8) is 0 Å². The zero-order valence-electron chi connectivity index (χ0n) is 33.1. The summed E-state index contributed by atoms with van der Waals surface area (Å²) in [6, 6.07) is 26.1. The second-order valence-electron chi connectivity index (χ2n) is 16.3. The molecule has 4 aliphatic rings. The summed E-state index contributed by atoms with van der Waals surface area (Å²) in [5, 5.41) is 13.4. The van der Waals surface area contributed by atoms with Crippen LogP contribution in [0.5, 0.6) is 5.75 Å². The molecule has 2 bridgehead atoms. The van der Waals surface area contributed by atoms with Gasteiger partial charge < -0.3 is 38.3 Å². The van der Waals surface area contributed by atoms with Crippen molar-refractivity contribution >= 4 is 30.0 Å². The van der Waals surface area contributed by atoms with Crippen LogP contribution in [0.3, 0.4) is 0 Å². The molecular formula is C45H48O13. The highest BCUT2D eigenvalue weighted by molar-refractivity contribution is 5.96. The molecule has 0 aromatic heterocycles. The number of carbonyl (C=O) groups excluding carboxylic acids is 5. The minimum atomic E-state index is -2.04. The van der Waals surface area contributed by atoms with Crippen molar-refractivity contribution in [2.24, 2.45) is 22.7 Å². The molecule has 2 saturated carbocycles. The number of Topliss-reactive ketones (excluding diaryl/α,β-unsaturated/α-hetero) is 1. The maximum Gasteiger partial charge on any atom is 0.509 e. The summed E-state index contributed by atoms with van der Waals surface area (Å²) in [7, 11) is 0. The van der Waals surface area contributed by atoms with Crippen LogP contribution in [-0.2, 0) is 56.0 Å². The molecule has 3 aromatic rings. The summed E-state index contributed by atoms with van der Waals surface area (Å²) in [6.45, 7) is 7.26. The lowest BCUT2D eigenvalue weighted by atomic mass is 9.42. The number of hydrogen-bond acceptors (Lipinski definition) is 13. The van der Waals surface area contributed by atoms with Crippen LogP contribution in [0, 0.1) is 22.7 Å². The summed E-state index contributed by atoms with van der Waals surface area (Å²) < 4.78 is 41.4. The SMILES string of the molecule is CC(=O)O[C@@]12CO[C@@H]1C[C@H](OC(=O)OCc1ccccc1)[C@@]1(C)C(=O)[C@H](OC(=O)OCc3ccccc3)C3=C(C)CCC(O)([C@@H](C(=O)Oc4ccccc4)C12)C3(C)C. The molecule has 7 rings (SSSR count).